The summed E-state index contributed by atoms with van der Waals surface area (Å²) in [6.45, 7) is 2.92. The first-order chi connectivity index (χ1) is 13.4. The van der Waals surface area contributed by atoms with Gasteiger partial charge in [-0.1, -0.05) is 29.8 Å². The van der Waals surface area contributed by atoms with E-state index in [-0.39, 0.29) is 18.3 Å². The van der Waals surface area contributed by atoms with Gasteiger partial charge in [0.2, 0.25) is 0 Å². The summed E-state index contributed by atoms with van der Waals surface area (Å²) in [6, 6.07) is 14.4. The van der Waals surface area contributed by atoms with Gasteiger partial charge >= 0.3 is 5.97 Å². The number of esters is 1. The molecule has 5 nitrogen and oxygen atoms in total. The molecule has 0 aliphatic rings. The van der Waals surface area contributed by atoms with E-state index in [1.54, 1.807) is 24.3 Å². The van der Waals surface area contributed by atoms with Gasteiger partial charge in [0.15, 0.2) is 5.78 Å². The third-order valence-corrected chi connectivity index (χ3v) is 4.91. The normalized spacial score (nSPS) is 11.2. The van der Waals surface area contributed by atoms with Gasteiger partial charge in [0.25, 0.3) is 0 Å². The van der Waals surface area contributed by atoms with Gasteiger partial charge in [-0.2, -0.15) is 0 Å². The molecular weight excluding hydrogens is 376 g/mol. The van der Waals surface area contributed by atoms with Crippen molar-refractivity contribution in [3.05, 3.63) is 70.4 Å². The van der Waals surface area contributed by atoms with Crippen molar-refractivity contribution in [2.75, 3.05) is 27.2 Å². The van der Waals surface area contributed by atoms with Crippen LogP contribution in [0, 0.1) is 6.92 Å². The highest BCUT2D eigenvalue weighted by Gasteiger charge is 2.22. The zero-order valence-corrected chi connectivity index (χ0v) is 17.0. The Balaban J connectivity index is 1.94. The van der Waals surface area contributed by atoms with Crippen molar-refractivity contribution in [2.24, 2.45) is 0 Å². The standard InChI is InChI=1S/C22H23ClN2O3/c1-15-21(22(27)16-8-10-17(23)11-9-16)18-6-4-5-7-19(18)25(15)14-20(26)28-13-12-24(2)3/h4-11H,12-14H2,1-3H3. The quantitative estimate of drug-likeness (QED) is 0.447. The number of hydrogen-bond acceptors (Lipinski definition) is 4. The fraction of sp³-hybridized carbons (Fsp3) is 0.273. The molecule has 0 spiro atoms. The molecule has 0 atom stereocenters. The average Bonchev–Trinajstić information content (AvgIpc) is 2.93. The minimum Gasteiger partial charge on any atom is -0.463 e. The fourth-order valence-corrected chi connectivity index (χ4v) is 3.31. The smallest absolute Gasteiger partial charge is 0.326 e. The summed E-state index contributed by atoms with van der Waals surface area (Å²) >= 11 is 5.94. The summed E-state index contributed by atoms with van der Waals surface area (Å²) in [5, 5.41) is 1.40. The second-order valence-corrected chi connectivity index (χ2v) is 7.36. The van der Waals surface area contributed by atoms with E-state index in [4.69, 9.17) is 16.3 Å². The molecule has 0 fully saturated rings. The number of carbonyl (C=O) groups is 2. The number of ether oxygens (including phenoxy) is 1. The van der Waals surface area contributed by atoms with Crippen LogP contribution in [0.1, 0.15) is 21.6 Å². The topological polar surface area (TPSA) is 51.5 Å². The molecular formula is C22H23ClN2O3. The van der Waals surface area contributed by atoms with Crippen molar-refractivity contribution < 1.29 is 14.3 Å². The first kappa shape index (κ1) is 20.1. The van der Waals surface area contributed by atoms with Gasteiger partial charge in [0.05, 0.1) is 5.56 Å². The van der Waals surface area contributed by atoms with Crippen molar-refractivity contribution in [1.82, 2.24) is 9.47 Å². The third kappa shape index (κ3) is 4.26. The summed E-state index contributed by atoms with van der Waals surface area (Å²) in [4.78, 5) is 27.4. The molecule has 146 valence electrons. The molecule has 1 aromatic heterocycles. The van der Waals surface area contributed by atoms with Crippen LogP contribution >= 0.6 is 11.6 Å². The molecule has 28 heavy (non-hydrogen) atoms. The van der Waals surface area contributed by atoms with Crippen LogP contribution in [-0.4, -0.2) is 48.5 Å². The molecule has 3 rings (SSSR count). The van der Waals surface area contributed by atoms with Gasteiger partial charge in [-0.15, -0.1) is 0 Å². The number of benzene rings is 2. The van der Waals surface area contributed by atoms with Crippen LogP contribution in [0.5, 0.6) is 0 Å². The lowest BCUT2D eigenvalue weighted by molar-refractivity contribution is -0.144. The second kappa shape index (κ2) is 8.59. The first-order valence-corrected chi connectivity index (χ1v) is 9.44. The zero-order chi connectivity index (χ0) is 20.3. The SMILES string of the molecule is Cc1c(C(=O)c2ccc(Cl)cc2)c2ccccc2n1CC(=O)OCCN(C)C. The van der Waals surface area contributed by atoms with Crippen LogP contribution in [0.3, 0.4) is 0 Å². The Morgan fingerprint density at radius 2 is 1.75 bits per heavy atom. The van der Waals surface area contributed by atoms with Crippen molar-refractivity contribution in [1.29, 1.82) is 0 Å². The van der Waals surface area contributed by atoms with Gasteiger partial charge in [-0.3, -0.25) is 9.59 Å². The van der Waals surface area contributed by atoms with Gasteiger partial charge in [-0.05, 0) is 51.4 Å². The Bertz CT molecular complexity index is 1010. The van der Waals surface area contributed by atoms with E-state index < -0.39 is 0 Å². The van der Waals surface area contributed by atoms with E-state index in [0.29, 0.717) is 29.3 Å². The summed E-state index contributed by atoms with van der Waals surface area (Å²) < 4.78 is 7.17. The molecule has 1 heterocycles. The molecule has 0 bridgehead atoms. The van der Waals surface area contributed by atoms with Gasteiger partial charge in [-0.25, -0.2) is 0 Å². The van der Waals surface area contributed by atoms with Crippen LogP contribution in [0.25, 0.3) is 10.9 Å². The van der Waals surface area contributed by atoms with Crippen molar-refractivity contribution in [3.63, 3.8) is 0 Å². The molecule has 0 N–H and O–H groups in total. The molecule has 0 aliphatic heterocycles. The van der Waals surface area contributed by atoms with Gasteiger partial charge < -0.3 is 14.2 Å². The first-order valence-electron chi connectivity index (χ1n) is 9.07. The molecule has 2 aromatic carbocycles. The van der Waals surface area contributed by atoms with Crippen LogP contribution in [0.2, 0.25) is 5.02 Å². The Kier molecular flexibility index (Phi) is 6.17. The van der Waals surface area contributed by atoms with Crippen molar-refractivity contribution in [3.8, 4) is 0 Å². The number of nitrogens with zero attached hydrogens (tertiary/aromatic N) is 2. The third-order valence-electron chi connectivity index (χ3n) is 4.65. The van der Waals surface area contributed by atoms with E-state index in [1.807, 2.05) is 54.8 Å². The lowest BCUT2D eigenvalue weighted by Crippen LogP contribution is -2.22. The number of hydrogen-bond donors (Lipinski definition) is 0. The Morgan fingerprint density at radius 1 is 1.07 bits per heavy atom. The maximum Gasteiger partial charge on any atom is 0.326 e. The number of aromatic nitrogens is 1. The van der Waals surface area contributed by atoms with E-state index in [2.05, 4.69) is 0 Å². The number of rotatable bonds is 7. The monoisotopic (exact) mass is 398 g/mol. The van der Waals surface area contributed by atoms with E-state index in [1.165, 1.54) is 0 Å². The lowest BCUT2D eigenvalue weighted by Gasteiger charge is -2.12. The largest absolute Gasteiger partial charge is 0.463 e. The minimum atomic E-state index is -0.323. The predicted octanol–water partition coefficient (Wildman–Crippen LogP) is 3.94. The molecule has 0 unspecified atom stereocenters. The summed E-state index contributed by atoms with van der Waals surface area (Å²) in [5.41, 5.74) is 2.73. The summed E-state index contributed by atoms with van der Waals surface area (Å²) in [7, 11) is 3.85. The van der Waals surface area contributed by atoms with Crippen LogP contribution in [-0.2, 0) is 16.1 Å². The fourth-order valence-electron chi connectivity index (χ4n) is 3.18. The summed E-state index contributed by atoms with van der Waals surface area (Å²) in [5.74, 6) is -0.415. The molecule has 0 radical (unpaired) electrons. The minimum absolute atomic E-state index is 0.0632. The molecule has 3 aromatic rings. The van der Waals surface area contributed by atoms with Gasteiger partial charge in [0.1, 0.15) is 13.2 Å². The van der Waals surface area contributed by atoms with Crippen molar-refractivity contribution in [2.45, 2.75) is 13.5 Å². The Hall–Kier alpha value is -2.63. The zero-order valence-electron chi connectivity index (χ0n) is 16.2. The van der Waals surface area contributed by atoms with E-state index in [9.17, 15) is 9.59 Å². The van der Waals surface area contributed by atoms with Crippen LogP contribution < -0.4 is 0 Å². The Labute approximate surface area is 169 Å². The molecule has 0 saturated carbocycles. The van der Waals surface area contributed by atoms with E-state index >= 15 is 0 Å². The van der Waals surface area contributed by atoms with E-state index in [0.717, 1.165) is 16.6 Å². The maximum atomic E-state index is 13.2. The lowest BCUT2D eigenvalue weighted by atomic mass is 10.0. The summed E-state index contributed by atoms with van der Waals surface area (Å²) in [6.07, 6.45) is 0. The average molecular weight is 399 g/mol. The molecule has 0 saturated heterocycles. The number of para-hydroxylation sites is 1. The second-order valence-electron chi connectivity index (χ2n) is 6.92. The number of ketones is 1. The highest BCUT2D eigenvalue weighted by molar-refractivity contribution is 6.30. The highest BCUT2D eigenvalue weighted by Crippen LogP contribution is 2.28. The van der Waals surface area contributed by atoms with Crippen LogP contribution in [0.4, 0.5) is 0 Å². The predicted molar refractivity (Wildman–Crippen MR) is 111 cm³/mol. The number of halogens is 1. The van der Waals surface area contributed by atoms with Crippen molar-refractivity contribution >= 4 is 34.3 Å². The number of fused-ring (bicyclic) bond motifs is 1. The maximum absolute atomic E-state index is 13.2. The number of likely N-dealkylation sites (N-methyl/N-ethyl adjacent to an activating group) is 1. The molecule has 0 amide bonds. The Morgan fingerprint density at radius 3 is 2.43 bits per heavy atom. The van der Waals surface area contributed by atoms with Gasteiger partial charge in [0, 0.05) is 33.7 Å². The molecule has 6 heteroatoms. The highest BCUT2D eigenvalue weighted by atomic mass is 35.5. The number of carbonyl (C=O) groups excluding carboxylic acids is 2. The van der Waals surface area contributed by atoms with Crippen LogP contribution in [0.15, 0.2) is 48.5 Å². The molecule has 0 aliphatic carbocycles.